The summed E-state index contributed by atoms with van der Waals surface area (Å²) in [5.41, 5.74) is 0.0356. The molecule has 0 saturated carbocycles. The average Bonchev–Trinajstić information content (AvgIpc) is 2.47. The number of carbonyl (C=O) groups excluding carboxylic acids is 1. The first-order valence-electron chi connectivity index (χ1n) is 7.99. The van der Waals surface area contributed by atoms with Crippen LogP contribution in [0.1, 0.15) is 39.4 Å². The number of carbonyl (C=O) groups is 1. The van der Waals surface area contributed by atoms with E-state index in [1.54, 1.807) is 39.0 Å². The van der Waals surface area contributed by atoms with Crippen LogP contribution in [-0.4, -0.2) is 42.3 Å². The highest BCUT2D eigenvalue weighted by atomic mass is 127. The van der Waals surface area contributed by atoms with Crippen LogP contribution in [0.15, 0.2) is 23.2 Å². The quantitative estimate of drug-likeness (QED) is 0.233. The standard InChI is InChI=1S/C17H25Cl2N3O3.HI/c1-5-20-16(22-10-15(24)25-17(2,3)4)21-9-14(23)11-6-12(18)8-13(19)7-11;/h6-8,14,23H,5,9-10H2,1-4H3,(H2,20,21,22);1H. The summed E-state index contributed by atoms with van der Waals surface area (Å²) in [4.78, 5) is 15.9. The number of ether oxygens (including phenoxy) is 1. The summed E-state index contributed by atoms with van der Waals surface area (Å²) in [5, 5.41) is 17.1. The van der Waals surface area contributed by atoms with Gasteiger partial charge in [-0.25, -0.2) is 4.99 Å². The highest BCUT2D eigenvalue weighted by molar-refractivity contribution is 14.0. The Balaban J connectivity index is 0.00000625. The van der Waals surface area contributed by atoms with Gasteiger partial charge >= 0.3 is 5.97 Å². The van der Waals surface area contributed by atoms with Crippen LogP contribution in [0.5, 0.6) is 0 Å². The third-order valence-electron chi connectivity index (χ3n) is 2.86. The number of esters is 1. The number of nitrogens with zero attached hydrogens (tertiary/aromatic N) is 1. The summed E-state index contributed by atoms with van der Waals surface area (Å²) in [7, 11) is 0. The Morgan fingerprint density at radius 1 is 1.23 bits per heavy atom. The van der Waals surface area contributed by atoms with E-state index >= 15 is 0 Å². The number of aliphatic hydroxyl groups is 1. The van der Waals surface area contributed by atoms with Gasteiger partial charge in [0, 0.05) is 23.1 Å². The zero-order chi connectivity index (χ0) is 19.0. The molecule has 3 N–H and O–H groups in total. The number of nitrogens with one attached hydrogen (secondary N) is 2. The molecule has 0 saturated heterocycles. The molecule has 1 rings (SSSR count). The molecule has 1 atom stereocenters. The fourth-order valence-electron chi connectivity index (χ4n) is 1.94. The summed E-state index contributed by atoms with van der Waals surface area (Å²) in [6.07, 6.45) is -0.832. The van der Waals surface area contributed by atoms with E-state index in [0.29, 0.717) is 28.1 Å². The van der Waals surface area contributed by atoms with Crippen molar-refractivity contribution in [2.45, 2.75) is 39.4 Å². The monoisotopic (exact) mass is 517 g/mol. The number of aliphatic imine (C=N–C) groups is 1. The lowest BCUT2D eigenvalue weighted by Gasteiger charge is -2.19. The lowest BCUT2D eigenvalue weighted by atomic mass is 10.1. The van der Waals surface area contributed by atoms with E-state index < -0.39 is 17.7 Å². The zero-order valence-corrected chi connectivity index (χ0v) is 19.1. The van der Waals surface area contributed by atoms with Crippen molar-refractivity contribution < 1.29 is 14.6 Å². The van der Waals surface area contributed by atoms with Gasteiger partial charge in [0.05, 0.1) is 6.10 Å². The number of aliphatic hydroxyl groups excluding tert-OH is 1. The summed E-state index contributed by atoms with van der Waals surface area (Å²) in [5.74, 6) is -0.0209. The number of guanidine groups is 1. The van der Waals surface area contributed by atoms with E-state index in [-0.39, 0.29) is 37.1 Å². The molecule has 0 amide bonds. The van der Waals surface area contributed by atoms with Gasteiger partial charge in [0.2, 0.25) is 0 Å². The average molecular weight is 518 g/mol. The number of hydrogen-bond acceptors (Lipinski definition) is 4. The van der Waals surface area contributed by atoms with Crippen molar-refractivity contribution in [1.29, 1.82) is 0 Å². The minimum atomic E-state index is -0.832. The van der Waals surface area contributed by atoms with Crippen molar-refractivity contribution in [3.05, 3.63) is 33.8 Å². The van der Waals surface area contributed by atoms with E-state index in [2.05, 4.69) is 15.6 Å². The maximum atomic E-state index is 11.7. The molecule has 0 aliphatic heterocycles. The van der Waals surface area contributed by atoms with Crippen molar-refractivity contribution in [3.8, 4) is 0 Å². The van der Waals surface area contributed by atoms with Gasteiger partial charge in [-0.15, -0.1) is 24.0 Å². The molecule has 1 aromatic rings. The van der Waals surface area contributed by atoms with Crippen LogP contribution in [0.3, 0.4) is 0 Å². The third-order valence-corrected chi connectivity index (χ3v) is 3.30. The Hall–Kier alpha value is -0.770. The van der Waals surface area contributed by atoms with Crippen LogP contribution in [0.4, 0.5) is 0 Å². The molecule has 148 valence electrons. The Bertz CT molecular complexity index is 602. The van der Waals surface area contributed by atoms with Crippen molar-refractivity contribution in [2.24, 2.45) is 4.99 Å². The van der Waals surface area contributed by atoms with Gasteiger partial charge in [-0.1, -0.05) is 23.2 Å². The normalized spacial score (nSPS) is 12.8. The van der Waals surface area contributed by atoms with Crippen LogP contribution in [0.25, 0.3) is 0 Å². The molecule has 26 heavy (non-hydrogen) atoms. The van der Waals surface area contributed by atoms with Crippen molar-refractivity contribution in [1.82, 2.24) is 10.6 Å². The molecule has 0 heterocycles. The summed E-state index contributed by atoms with van der Waals surface area (Å²) < 4.78 is 5.21. The number of rotatable bonds is 6. The van der Waals surface area contributed by atoms with E-state index in [1.807, 2.05) is 6.92 Å². The highest BCUT2D eigenvalue weighted by Crippen LogP contribution is 2.23. The van der Waals surface area contributed by atoms with Gasteiger partial charge in [-0.3, -0.25) is 4.79 Å². The molecular formula is C17H26Cl2IN3O3. The SMILES string of the molecule is CCNC(=NCC(=O)OC(C)(C)C)NCC(O)c1cc(Cl)cc(Cl)c1.I. The predicted octanol–water partition coefficient (Wildman–Crippen LogP) is 3.54. The first-order valence-corrected chi connectivity index (χ1v) is 8.74. The van der Waals surface area contributed by atoms with E-state index in [1.165, 1.54) is 0 Å². The Kier molecular flexibility index (Phi) is 11.5. The molecule has 0 radical (unpaired) electrons. The number of benzene rings is 1. The number of hydrogen-bond donors (Lipinski definition) is 3. The highest BCUT2D eigenvalue weighted by Gasteiger charge is 2.16. The second-order valence-electron chi connectivity index (χ2n) is 6.38. The van der Waals surface area contributed by atoms with E-state index in [9.17, 15) is 9.90 Å². The van der Waals surface area contributed by atoms with Crippen LogP contribution in [-0.2, 0) is 9.53 Å². The zero-order valence-electron chi connectivity index (χ0n) is 15.3. The van der Waals surface area contributed by atoms with Crippen molar-refractivity contribution in [2.75, 3.05) is 19.6 Å². The molecule has 0 spiro atoms. The largest absolute Gasteiger partial charge is 0.459 e. The van der Waals surface area contributed by atoms with Gasteiger partial charge in [0.1, 0.15) is 12.1 Å². The third kappa shape index (κ3) is 10.4. The van der Waals surface area contributed by atoms with Crippen molar-refractivity contribution in [3.63, 3.8) is 0 Å². The van der Waals surface area contributed by atoms with E-state index in [0.717, 1.165) is 0 Å². The lowest BCUT2D eigenvalue weighted by molar-refractivity contribution is -0.152. The minimum absolute atomic E-state index is 0. The van der Waals surface area contributed by atoms with Gasteiger partial charge < -0.3 is 20.5 Å². The van der Waals surface area contributed by atoms with Crippen molar-refractivity contribution >= 4 is 59.1 Å². The minimum Gasteiger partial charge on any atom is -0.459 e. The Morgan fingerprint density at radius 2 is 1.81 bits per heavy atom. The van der Waals surface area contributed by atoms with Crippen LogP contribution >= 0.6 is 47.2 Å². The predicted molar refractivity (Wildman–Crippen MR) is 117 cm³/mol. The summed E-state index contributed by atoms with van der Waals surface area (Å²) >= 11 is 11.9. The van der Waals surface area contributed by atoms with Gasteiger partial charge in [-0.2, -0.15) is 0 Å². The molecule has 0 bridgehead atoms. The Labute approximate surface area is 181 Å². The summed E-state index contributed by atoms with van der Waals surface area (Å²) in [6, 6.07) is 4.88. The van der Waals surface area contributed by atoms with Gasteiger partial charge in [0.25, 0.3) is 0 Å². The van der Waals surface area contributed by atoms with Gasteiger partial charge in [0.15, 0.2) is 5.96 Å². The van der Waals surface area contributed by atoms with Crippen LogP contribution in [0.2, 0.25) is 10.0 Å². The maximum absolute atomic E-state index is 11.7. The smallest absolute Gasteiger partial charge is 0.328 e. The fraction of sp³-hybridized carbons (Fsp3) is 0.529. The second-order valence-corrected chi connectivity index (χ2v) is 7.25. The molecule has 0 aromatic heterocycles. The first-order chi connectivity index (χ1) is 11.6. The molecule has 1 unspecified atom stereocenters. The molecule has 0 fully saturated rings. The lowest BCUT2D eigenvalue weighted by Crippen LogP contribution is -2.40. The molecule has 0 aliphatic rings. The maximum Gasteiger partial charge on any atom is 0.328 e. The molecule has 6 nitrogen and oxygen atoms in total. The first kappa shape index (κ1) is 25.2. The van der Waals surface area contributed by atoms with Gasteiger partial charge in [-0.05, 0) is 51.5 Å². The number of halogens is 3. The van der Waals surface area contributed by atoms with Crippen LogP contribution in [0, 0.1) is 0 Å². The molecule has 9 heteroatoms. The molecule has 0 aliphatic carbocycles. The molecular weight excluding hydrogens is 492 g/mol. The second kappa shape index (κ2) is 11.8. The fourth-order valence-corrected chi connectivity index (χ4v) is 2.48. The topological polar surface area (TPSA) is 83.0 Å². The molecule has 1 aromatic carbocycles. The van der Waals surface area contributed by atoms with E-state index in [4.69, 9.17) is 27.9 Å². The summed E-state index contributed by atoms with van der Waals surface area (Å²) in [6.45, 7) is 7.96. The Morgan fingerprint density at radius 3 is 2.31 bits per heavy atom. The van der Waals surface area contributed by atoms with Crippen LogP contribution < -0.4 is 10.6 Å².